The topological polar surface area (TPSA) is 58.6 Å². The molecular formula is C12H22N2O3. The van der Waals surface area contributed by atoms with Crippen LogP contribution in [0.1, 0.15) is 26.7 Å². The van der Waals surface area contributed by atoms with Gasteiger partial charge >= 0.3 is 0 Å². The van der Waals surface area contributed by atoms with E-state index in [1.54, 1.807) is 12.0 Å². The molecule has 0 aliphatic carbocycles. The number of hydrogen-bond donors (Lipinski definition) is 1. The first-order valence-electron chi connectivity index (χ1n) is 5.98. The van der Waals surface area contributed by atoms with Gasteiger partial charge in [-0.25, -0.2) is 0 Å². The number of carbonyl (C=O) groups is 2. The third-order valence-corrected chi connectivity index (χ3v) is 3.00. The van der Waals surface area contributed by atoms with Gasteiger partial charge in [-0.3, -0.25) is 9.59 Å². The number of nitrogens with zero attached hydrogens (tertiary/aromatic N) is 1. The normalized spacial score (nSPS) is 17.9. The van der Waals surface area contributed by atoms with Gasteiger partial charge in [0, 0.05) is 33.2 Å². The van der Waals surface area contributed by atoms with E-state index in [-0.39, 0.29) is 23.8 Å². The highest BCUT2D eigenvalue weighted by Gasteiger charge is 2.26. The van der Waals surface area contributed by atoms with Crippen LogP contribution < -0.4 is 5.32 Å². The summed E-state index contributed by atoms with van der Waals surface area (Å²) in [4.78, 5) is 24.8. The SMILES string of the molecule is COCCC(C)(C)CN1CCC(=O)NCC1=O. The quantitative estimate of drug-likeness (QED) is 0.759. The summed E-state index contributed by atoms with van der Waals surface area (Å²) in [6.45, 7) is 6.22. The molecule has 98 valence electrons. The molecule has 0 radical (unpaired) electrons. The molecule has 1 saturated heterocycles. The van der Waals surface area contributed by atoms with Crippen molar-refractivity contribution in [3.63, 3.8) is 0 Å². The highest BCUT2D eigenvalue weighted by molar-refractivity contribution is 5.87. The van der Waals surface area contributed by atoms with E-state index in [0.29, 0.717) is 26.1 Å². The molecule has 0 bridgehead atoms. The highest BCUT2D eigenvalue weighted by atomic mass is 16.5. The molecule has 0 atom stereocenters. The second-order valence-electron chi connectivity index (χ2n) is 5.25. The summed E-state index contributed by atoms with van der Waals surface area (Å²) in [5.41, 5.74) is 0.0130. The fraction of sp³-hybridized carbons (Fsp3) is 0.833. The van der Waals surface area contributed by atoms with Gasteiger partial charge in [-0.2, -0.15) is 0 Å². The predicted octanol–water partition coefficient (Wildman–Crippen LogP) is 0.398. The van der Waals surface area contributed by atoms with Gasteiger partial charge in [-0.15, -0.1) is 0 Å². The number of rotatable bonds is 5. The lowest BCUT2D eigenvalue weighted by Gasteiger charge is -2.31. The van der Waals surface area contributed by atoms with E-state index < -0.39 is 0 Å². The zero-order valence-corrected chi connectivity index (χ0v) is 10.9. The summed E-state index contributed by atoms with van der Waals surface area (Å²) < 4.78 is 5.07. The van der Waals surface area contributed by atoms with Crippen molar-refractivity contribution < 1.29 is 14.3 Å². The minimum absolute atomic E-state index is 0.00124. The predicted molar refractivity (Wildman–Crippen MR) is 64.5 cm³/mol. The Kier molecular flexibility index (Phi) is 4.93. The summed E-state index contributed by atoms with van der Waals surface area (Å²) in [5.74, 6) is -0.0445. The van der Waals surface area contributed by atoms with Crippen molar-refractivity contribution in [3.8, 4) is 0 Å². The molecule has 0 aromatic carbocycles. The number of ether oxygens (including phenoxy) is 1. The van der Waals surface area contributed by atoms with Crippen molar-refractivity contribution in [2.24, 2.45) is 5.41 Å². The maximum Gasteiger partial charge on any atom is 0.241 e. The lowest BCUT2D eigenvalue weighted by atomic mass is 9.89. The zero-order chi connectivity index (χ0) is 12.9. The van der Waals surface area contributed by atoms with Crippen molar-refractivity contribution in [1.29, 1.82) is 0 Å². The molecule has 1 aliphatic rings. The van der Waals surface area contributed by atoms with Crippen LogP contribution in [0, 0.1) is 5.41 Å². The third kappa shape index (κ3) is 4.73. The molecule has 5 nitrogen and oxygen atoms in total. The number of nitrogens with one attached hydrogen (secondary N) is 1. The van der Waals surface area contributed by atoms with Gasteiger partial charge in [-0.1, -0.05) is 13.8 Å². The zero-order valence-electron chi connectivity index (χ0n) is 10.9. The van der Waals surface area contributed by atoms with E-state index in [1.165, 1.54) is 0 Å². The first-order valence-corrected chi connectivity index (χ1v) is 5.98. The van der Waals surface area contributed by atoms with E-state index in [0.717, 1.165) is 6.42 Å². The fourth-order valence-electron chi connectivity index (χ4n) is 1.88. The van der Waals surface area contributed by atoms with Crippen LogP contribution in [-0.2, 0) is 14.3 Å². The summed E-state index contributed by atoms with van der Waals surface area (Å²) >= 11 is 0. The molecule has 1 fully saturated rings. The summed E-state index contributed by atoms with van der Waals surface area (Å²) in [5, 5.41) is 2.60. The maximum absolute atomic E-state index is 11.8. The molecule has 1 aliphatic heterocycles. The van der Waals surface area contributed by atoms with Crippen molar-refractivity contribution >= 4 is 11.8 Å². The van der Waals surface area contributed by atoms with E-state index in [9.17, 15) is 9.59 Å². The van der Waals surface area contributed by atoms with Crippen LogP contribution >= 0.6 is 0 Å². The molecule has 17 heavy (non-hydrogen) atoms. The van der Waals surface area contributed by atoms with Gasteiger partial charge in [0.25, 0.3) is 0 Å². The fourth-order valence-corrected chi connectivity index (χ4v) is 1.88. The first kappa shape index (κ1) is 14.0. The first-order chi connectivity index (χ1) is 7.94. The summed E-state index contributed by atoms with van der Waals surface area (Å²) in [6.07, 6.45) is 1.29. The second kappa shape index (κ2) is 6.00. The smallest absolute Gasteiger partial charge is 0.241 e. The number of hydrogen-bond acceptors (Lipinski definition) is 3. The van der Waals surface area contributed by atoms with Gasteiger partial charge < -0.3 is 15.0 Å². The highest BCUT2D eigenvalue weighted by Crippen LogP contribution is 2.22. The number of amides is 2. The van der Waals surface area contributed by atoms with Crippen molar-refractivity contribution in [2.45, 2.75) is 26.7 Å². The lowest BCUT2D eigenvalue weighted by Crippen LogP contribution is -2.41. The van der Waals surface area contributed by atoms with Gasteiger partial charge in [0.1, 0.15) is 0 Å². The lowest BCUT2D eigenvalue weighted by molar-refractivity contribution is -0.131. The van der Waals surface area contributed by atoms with Crippen LogP contribution in [0.25, 0.3) is 0 Å². The van der Waals surface area contributed by atoms with Crippen molar-refractivity contribution in [2.75, 3.05) is 33.4 Å². The van der Waals surface area contributed by atoms with E-state index in [2.05, 4.69) is 19.2 Å². The Bertz CT molecular complexity index is 289. The maximum atomic E-state index is 11.8. The Morgan fingerprint density at radius 2 is 2.12 bits per heavy atom. The Hall–Kier alpha value is -1.10. The van der Waals surface area contributed by atoms with Crippen molar-refractivity contribution in [3.05, 3.63) is 0 Å². The Morgan fingerprint density at radius 1 is 1.41 bits per heavy atom. The van der Waals surface area contributed by atoms with Gasteiger partial charge in [0.15, 0.2) is 0 Å². The van der Waals surface area contributed by atoms with Gasteiger partial charge in [0.2, 0.25) is 11.8 Å². The molecule has 0 aromatic rings. The second-order valence-corrected chi connectivity index (χ2v) is 5.25. The number of methoxy groups -OCH3 is 1. The van der Waals surface area contributed by atoms with Crippen LogP contribution in [0.4, 0.5) is 0 Å². The molecule has 1 heterocycles. The summed E-state index contributed by atoms with van der Waals surface area (Å²) in [7, 11) is 1.68. The molecule has 0 spiro atoms. The van der Waals surface area contributed by atoms with Gasteiger partial charge in [-0.05, 0) is 11.8 Å². The van der Waals surface area contributed by atoms with E-state index in [4.69, 9.17) is 4.74 Å². The Labute approximate surface area is 102 Å². The summed E-state index contributed by atoms with van der Waals surface area (Å²) in [6, 6.07) is 0. The average Bonchev–Trinajstić information content (AvgIpc) is 2.41. The van der Waals surface area contributed by atoms with E-state index >= 15 is 0 Å². The van der Waals surface area contributed by atoms with Crippen LogP contribution in [0.5, 0.6) is 0 Å². The van der Waals surface area contributed by atoms with E-state index in [1.807, 2.05) is 0 Å². The molecule has 0 unspecified atom stereocenters. The largest absolute Gasteiger partial charge is 0.385 e. The minimum atomic E-state index is -0.0458. The molecular weight excluding hydrogens is 220 g/mol. The molecule has 0 aromatic heterocycles. The molecule has 5 heteroatoms. The van der Waals surface area contributed by atoms with Crippen LogP contribution in [0.2, 0.25) is 0 Å². The molecule has 1 rings (SSSR count). The van der Waals surface area contributed by atoms with Crippen molar-refractivity contribution in [1.82, 2.24) is 10.2 Å². The standard InChI is InChI=1S/C12H22N2O3/c1-12(2,5-7-17-3)9-14-6-4-10(15)13-8-11(14)16/h4-9H2,1-3H3,(H,13,15). The number of carbonyl (C=O) groups excluding carboxylic acids is 2. The van der Waals surface area contributed by atoms with Gasteiger partial charge in [0.05, 0.1) is 6.54 Å². The molecule has 2 amide bonds. The molecule has 1 N–H and O–H groups in total. The monoisotopic (exact) mass is 242 g/mol. The van der Waals surface area contributed by atoms with Crippen LogP contribution in [0.15, 0.2) is 0 Å². The minimum Gasteiger partial charge on any atom is -0.385 e. The Morgan fingerprint density at radius 3 is 2.76 bits per heavy atom. The molecule has 0 saturated carbocycles. The Balaban J connectivity index is 2.53. The average molecular weight is 242 g/mol. The third-order valence-electron chi connectivity index (χ3n) is 3.00. The van der Waals surface area contributed by atoms with Crippen LogP contribution in [-0.4, -0.2) is 50.1 Å². The van der Waals surface area contributed by atoms with Crippen LogP contribution in [0.3, 0.4) is 0 Å².